The first kappa shape index (κ1) is 14.3. The van der Waals surface area contributed by atoms with Gasteiger partial charge in [-0.1, -0.05) is 66.7 Å². The van der Waals surface area contributed by atoms with Gasteiger partial charge in [0.2, 0.25) is 0 Å². The van der Waals surface area contributed by atoms with Crippen molar-refractivity contribution in [1.29, 1.82) is 0 Å². The van der Waals surface area contributed by atoms with E-state index in [1.165, 1.54) is 32.3 Å². The van der Waals surface area contributed by atoms with Gasteiger partial charge >= 0.3 is 7.69 Å². The normalized spacial score (nSPS) is 11.4. The lowest BCUT2D eigenvalue weighted by Gasteiger charge is -2.14. The Morgan fingerprint density at radius 1 is 0.680 bits per heavy atom. The molecule has 0 fully saturated rings. The second-order valence-corrected chi connectivity index (χ2v) is 6.22. The summed E-state index contributed by atoms with van der Waals surface area (Å²) in [6, 6.07) is 27.3. The summed E-state index contributed by atoms with van der Waals surface area (Å²) in [7, 11) is 0.712. The zero-order chi connectivity index (χ0) is 16.8. The van der Waals surface area contributed by atoms with E-state index in [2.05, 4.69) is 60.7 Å². The summed E-state index contributed by atoms with van der Waals surface area (Å²) in [5.74, 6) is 0.616. The van der Waals surface area contributed by atoms with Crippen molar-refractivity contribution in [3.63, 3.8) is 0 Å². The second kappa shape index (κ2) is 5.50. The molecule has 0 aliphatic rings. The summed E-state index contributed by atoms with van der Waals surface area (Å²) in [6.07, 6.45) is 0. The molecule has 0 aliphatic carbocycles. The molecule has 0 atom stereocenters. The summed E-state index contributed by atoms with van der Waals surface area (Å²) >= 11 is 0. The molecule has 0 aromatic heterocycles. The molecule has 0 spiro atoms. The SMILES string of the molecule is O[B]Oc1cccc(-c2ccc3ccc4cccc5ccc2c3c45)c1. The molecule has 0 unspecified atom stereocenters. The molecular formula is C22H14BO2. The molecule has 0 heterocycles. The summed E-state index contributed by atoms with van der Waals surface area (Å²) < 4.78 is 5.12. The predicted molar refractivity (Wildman–Crippen MR) is 104 cm³/mol. The van der Waals surface area contributed by atoms with Gasteiger partial charge < -0.3 is 9.68 Å². The molecule has 117 valence electrons. The van der Waals surface area contributed by atoms with Crippen molar-refractivity contribution >= 4 is 40.0 Å². The van der Waals surface area contributed by atoms with Crippen LogP contribution in [0.3, 0.4) is 0 Å². The molecule has 0 amide bonds. The van der Waals surface area contributed by atoms with E-state index in [1.54, 1.807) is 0 Å². The summed E-state index contributed by atoms with van der Waals surface area (Å²) in [4.78, 5) is 0. The Labute approximate surface area is 145 Å². The van der Waals surface area contributed by atoms with Gasteiger partial charge in [-0.2, -0.15) is 0 Å². The van der Waals surface area contributed by atoms with Crippen LogP contribution in [0.1, 0.15) is 0 Å². The Kier molecular flexibility index (Phi) is 3.15. The number of benzene rings is 5. The molecule has 2 nitrogen and oxygen atoms in total. The lowest BCUT2D eigenvalue weighted by atomic mass is 9.90. The van der Waals surface area contributed by atoms with Crippen LogP contribution in [0.15, 0.2) is 78.9 Å². The Bertz CT molecular complexity index is 1200. The molecule has 5 aromatic rings. The Balaban J connectivity index is 1.86. The molecule has 5 aromatic carbocycles. The first-order valence-electron chi connectivity index (χ1n) is 8.25. The van der Waals surface area contributed by atoms with Crippen LogP contribution >= 0.6 is 0 Å². The van der Waals surface area contributed by atoms with Gasteiger partial charge in [-0.25, -0.2) is 0 Å². The maximum atomic E-state index is 8.89. The zero-order valence-corrected chi connectivity index (χ0v) is 13.4. The molecule has 0 bridgehead atoms. The highest BCUT2D eigenvalue weighted by molar-refractivity contribution is 6.25. The largest absolute Gasteiger partial charge is 0.569 e. The summed E-state index contributed by atoms with van der Waals surface area (Å²) in [6.45, 7) is 0. The van der Waals surface area contributed by atoms with E-state index < -0.39 is 0 Å². The summed E-state index contributed by atoms with van der Waals surface area (Å²) in [5.41, 5.74) is 2.23. The quantitative estimate of drug-likeness (QED) is 0.367. The summed E-state index contributed by atoms with van der Waals surface area (Å²) in [5, 5.41) is 16.5. The van der Waals surface area contributed by atoms with Crippen molar-refractivity contribution in [2.75, 3.05) is 0 Å². The monoisotopic (exact) mass is 321 g/mol. The van der Waals surface area contributed by atoms with Crippen molar-refractivity contribution in [1.82, 2.24) is 0 Å². The van der Waals surface area contributed by atoms with Crippen LogP contribution in [-0.4, -0.2) is 12.7 Å². The van der Waals surface area contributed by atoms with Crippen molar-refractivity contribution in [2.24, 2.45) is 0 Å². The minimum Gasteiger partial charge on any atom is -0.537 e. The third-order valence-corrected chi connectivity index (χ3v) is 4.86. The topological polar surface area (TPSA) is 29.5 Å². The maximum Gasteiger partial charge on any atom is 0.569 e. The van der Waals surface area contributed by atoms with Crippen LogP contribution in [0.4, 0.5) is 0 Å². The van der Waals surface area contributed by atoms with Crippen molar-refractivity contribution in [3.05, 3.63) is 78.9 Å². The fourth-order valence-electron chi connectivity index (χ4n) is 3.78. The lowest BCUT2D eigenvalue weighted by molar-refractivity contribution is 0.454. The molecule has 0 saturated carbocycles. The Morgan fingerprint density at radius 2 is 1.36 bits per heavy atom. The highest BCUT2D eigenvalue weighted by atomic mass is 16.5. The standard InChI is InChI=1S/C22H14BO2/c24-23-25-18-6-2-5-17(13-18)19-11-9-16-8-7-14-3-1-4-15-10-12-20(19)22(16)21(14)15/h1-13,24H. The Morgan fingerprint density at radius 3 is 2.16 bits per heavy atom. The van der Waals surface area contributed by atoms with Crippen LogP contribution in [0.25, 0.3) is 43.4 Å². The minimum absolute atomic E-state index is 0.616. The fourth-order valence-corrected chi connectivity index (χ4v) is 3.78. The van der Waals surface area contributed by atoms with Crippen molar-refractivity contribution in [3.8, 4) is 16.9 Å². The number of hydrogen-bond donors (Lipinski definition) is 1. The van der Waals surface area contributed by atoms with Crippen LogP contribution in [0.2, 0.25) is 0 Å². The number of rotatable bonds is 3. The molecule has 1 N–H and O–H groups in total. The van der Waals surface area contributed by atoms with E-state index >= 15 is 0 Å². The third kappa shape index (κ3) is 2.17. The molecule has 0 aliphatic heterocycles. The molecule has 5 rings (SSSR count). The van der Waals surface area contributed by atoms with Crippen LogP contribution in [0, 0.1) is 0 Å². The van der Waals surface area contributed by atoms with Gasteiger partial charge in [0.25, 0.3) is 0 Å². The fraction of sp³-hybridized carbons (Fsp3) is 0. The highest BCUT2D eigenvalue weighted by Gasteiger charge is 2.12. The van der Waals surface area contributed by atoms with Crippen LogP contribution in [0.5, 0.6) is 5.75 Å². The molecular weight excluding hydrogens is 307 g/mol. The van der Waals surface area contributed by atoms with E-state index in [0.717, 1.165) is 11.1 Å². The van der Waals surface area contributed by atoms with Gasteiger partial charge in [0, 0.05) is 0 Å². The maximum absolute atomic E-state index is 8.89. The average molecular weight is 321 g/mol. The smallest absolute Gasteiger partial charge is 0.537 e. The van der Waals surface area contributed by atoms with E-state index in [9.17, 15) is 0 Å². The first-order valence-corrected chi connectivity index (χ1v) is 8.25. The number of hydrogen-bond acceptors (Lipinski definition) is 2. The van der Waals surface area contributed by atoms with E-state index in [-0.39, 0.29) is 0 Å². The van der Waals surface area contributed by atoms with E-state index in [4.69, 9.17) is 9.68 Å². The van der Waals surface area contributed by atoms with Gasteiger partial charge in [0.05, 0.1) is 0 Å². The highest BCUT2D eigenvalue weighted by Crippen LogP contribution is 2.39. The van der Waals surface area contributed by atoms with Crippen LogP contribution < -0.4 is 4.65 Å². The Hall–Kier alpha value is -3.04. The third-order valence-electron chi connectivity index (χ3n) is 4.86. The van der Waals surface area contributed by atoms with Gasteiger partial charge in [-0.05, 0) is 55.6 Å². The van der Waals surface area contributed by atoms with Gasteiger partial charge in [0.1, 0.15) is 5.75 Å². The minimum atomic E-state index is 0.616. The molecule has 1 radical (unpaired) electrons. The zero-order valence-electron chi connectivity index (χ0n) is 13.4. The predicted octanol–water partition coefficient (Wildman–Crippen LogP) is 5.16. The van der Waals surface area contributed by atoms with Crippen molar-refractivity contribution < 1.29 is 9.68 Å². The van der Waals surface area contributed by atoms with E-state index in [1.807, 2.05) is 18.2 Å². The lowest BCUT2D eigenvalue weighted by Crippen LogP contribution is -1.99. The van der Waals surface area contributed by atoms with E-state index in [0.29, 0.717) is 13.4 Å². The average Bonchev–Trinajstić information content (AvgIpc) is 2.66. The second-order valence-electron chi connectivity index (χ2n) is 6.22. The molecule has 3 heteroatoms. The van der Waals surface area contributed by atoms with Gasteiger partial charge in [-0.3, -0.25) is 0 Å². The van der Waals surface area contributed by atoms with Crippen molar-refractivity contribution in [2.45, 2.75) is 0 Å². The first-order chi connectivity index (χ1) is 12.3. The van der Waals surface area contributed by atoms with Crippen LogP contribution in [-0.2, 0) is 0 Å². The molecule has 25 heavy (non-hydrogen) atoms. The van der Waals surface area contributed by atoms with Gasteiger partial charge in [0.15, 0.2) is 0 Å². The van der Waals surface area contributed by atoms with Gasteiger partial charge in [-0.15, -0.1) is 0 Å². The molecule has 0 saturated heterocycles.